The van der Waals surface area contributed by atoms with Gasteiger partial charge in [0.25, 0.3) is 0 Å². The van der Waals surface area contributed by atoms with E-state index in [1.807, 2.05) is 6.08 Å². The van der Waals surface area contributed by atoms with Gasteiger partial charge in [-0.25, -0.2) is 0 Å². The molecular weight excluding hydrogens is 634 g/mol. The molecule has 0 spiro atoms. The van der Waals surface area contributed by atoms with Crippen LogP contribution in [0.25, 0.3) is 0 Å². The van der Waals surface area contributed by atoms with Gasteiger partial charge in [0.05, 0.1) is 25.4 Å². The molecule has 1 saturated heterocycles. The Bertz CT molecular complexity index is 837. The van der Waals surface area contributed by atoms with Crippen LogP contribution in [-0.4, -0.2) is 87.5 Å². The van der Waals surface area contributed by atoms with E-state index in [1.165, 1.54) is 116 Å². The molecule has 0 aliphatic carbocycles. The molecule has 0 aromatic carbocycles. The van der Waals surface area contributed by atoms with Crippen molar-refractivity contribution in [2.75, 3.05) is 13.2 Å². The van der Waals surface area contributed by atoms with E-state index in [2.05, 4.69) is 31.3 Å². The van der Waals surface area contributed by atoms with E-state index in [0.717, 1.165) is 38.5 Å². The fourth-order valence-electron chi connectivity index (χ4n) is 6.41. The van der Waals surface area contributed by atoms with Crippen LogP contribution < -0.4 is 5.32 Å². The largest absolute Gasteiger partial charge is 0.394 e. The second-order valence-electron chi connectivity index (χ2n) is 14.4. The zero-order valence-electron chi connectivity index (χ0n) is 31.9. The fraction of sp³-hybridized carbons (Fsp3) is 0.878. The highest BCUT2D eigenvalue weighted by atomic mass is 16.7. The first-order valence-corrected chi connectivity index (χ1v) is 20.6. The molecule has 7 atom stereocenters. The normalized spacial score (nSPS) is 22.4. The van der Waals surface area contributed by atoms with Crippen LogP contribution >= 0.6 is 0 Å². The molecule has 9 nitrogen and oxygen atoms in total. The summed E-state index contributed by atoms with van der Waals surface area (Å²) >= 11 is 0. The van der Waals surface area contributed by atoms with Gasteiger partial charge in [-0.05, 0) is 32.1 Å². The lowest BCUT2D eigenvalue weighted by atomic mass is 9.99. The molecule has 1 heterocycles. The van der Waals surface area contributed by atoms with Crippen molar-refractivity contribution >= 4 is 5.91 Å². The van der Waals surface area contributed by atoms with E-state index in [0.29, 0.717) is 6.42 Å². The second-order valence-corrected chi connectivity index (χ2v) is 14.4. The Kier molecular flexibility index (Phi) is 30.2. The molecule has 294 valence electrons. The summed E-state index contributed by atoms with van der Waals surface area (Å²) in [7, 11) is 0. The summed E-state index contributed by atoms with van der Waals surface area (Å²) in [6.45, 7) is 3.72. The summed E-state index contributed by atoms with van der Waals surface area (Å²) in [5, 5.41) is 53.9. The van der Waals surface area contributed by atoms with Crippen molar-refractivity contribution in [2.45, 2.75) is 217 Å². The van der Waals surface area contributed by atoms with Crippen LogP contribution in [0.15, 0.2) is 24.3 Å². The Balaban J connectivity index is 2.41. The summed E-state index contributed by atoms with van der Waals surface area (Å²) in [6.07, 6.45) is 29.4. The molecule has 1 amide bonds. The van der Waals surface area contributed by atoms with Gasteiger partial charge >= 0.3 is 0 Å². The molecule has 0 radical (unpaired) electrons. The van der Waals surface area contributed by atoms with Crippen molar-refractivity contribution in [1.29, 1.82) is 0 Å². The number of amides is 1. The lowest BCUT2D eigenvalue weighted by Crippen LogP contribution is -2.60. The van der Waals surface area contributed by atoms with Crippen molar-refractivity contribution in [3.8, 4) is 0 Å². The quantitative estimate of drug-likeness (QED) is 0.0302. The number of carbonyl (C=O) groups excluding carboxylic acids is 1. The molecule has 1 aliphatic heterocycles. The van der Waals surface area contributed by atoms with Gasteiger partial charge in [-0.3, -0.25) is 4.79 Å². The van der Waals surface area contributed by atoms with Gasteiger partial charge in [-0.2, -0.15) is 0 Å². The van der Waals surface area contributed by atoms with E-state index in [1.54, 1.807) is 6.08 Å². The minimum absolute atomic E-state index is 0.188. The van der Waals surface area contributed by atoms with Crippen LogP contribution in [0.1, 0.15) is 174 Å². The first-order valence-electron chi connectivity index (χ1n) is 20.6. The predicted octanol–water partition coefficient (Wildman–Crippen LogP) is 7.55. The number of unbranched alkanes of at least 4 members (excludes halogenated alkanes) is 21. The van der Waals surface area contributed by atoms with Crippen LogP contribution in [0, 0.1) is 0 Å². The second kappa shape index (κ2) is 32.3. The van der Waals surface area contributed by atoms with E-state index in [4.69, 9.17) is 9.47 Å². The standard InChI is InChI=1S/C41H77NO8/c1-3-5-7-9-11-13-15-16-17-18-19-21-23-25-27-29-31-37(45)42-34(33-49-41-40(48)39(47)38(46)36(32-43)50-41)35(44)30-28-26-24-22-20-14-12-10-8-6-4-2/h20,22,28,30,34-36,38-41,43-44,46-48H,3-19,21,23-27,29,31-33H2,1-2H3,(H,42,45)/b22-20+,30-28+/t34-,35+,36-,38-,39?,40?,41-/m0/s1. The van der Waals surface area contributed by atoms with Crippen LogP contribution in [0.4, 0.5) is 0 Å². The van der Waals surface area contributed by atoms with Crippen molar-refractivity contribution in [3.05, 3.63) is 24.3 Å². The highest BCUT2D eigenvalue weighted by Gasteiger charge is 2.44. The minimum atomic E-state index is -1.57. The first kappa shape index (κ1) is 46.7. The molecule has 0 bridgehead atoms. The summed E-state index contributed by atoms with van der Waals surface area (Å²) in [5.74, 6) is -0.188. The number of ether oxygens (including phenoxy) is 2. The van der Waals surface area contributed by atoms with Gasteiger partial charge in [0.15, 0.2) is 6.29 Å². The Morgan fingerprint density at radius 2 is 1.14 bits per heavy atom. The third kappa shape index (κ3) is 23.3. The Morgan fingerprint density at radius 1 is 0.660 bits per heavy atom. The lowest BCUT2D eigenvalue weighted by Gasteiger charge is -2.40. The van der Waals surface area contributed by atoms with E-state index >= 15 is 0 Å². The van der Waals surface area contributed by atoms with Crippen LogP contribution in [0.3, 0.4) is 0 Å². The molecule has 2 unspecified atom stereocenters. The number of allylic oxidation sites excluding steroid dienone is 3. The topological polar surface area (TPSA) is 149 Å². The highest BCUT2D eigenvalue weighted by Crippen LogP contribution is 2.22. The molecule has 9 heteroatoms. The first-order chi connectivity index (χ1) is 24.3. The molecule has 50 heavy (non-hydrogen) atoms. The van der Waals surface area contributed by atoms with Crippen LogP contribution in [-0.2, 0) is 14.3 Å². The Labute approximate surface area is 305 Å². The number of hydrogen-bond acceptors (Lipinski definition) is 8. The maximum absolute atomic E-state index is 12.9. The fourth-order valence-corrected chi connectivity index (χ4v) is 6.41. The van der Waals surface area contributed by atoms with Gasteiger partial charge in [0, 0.05) is 6.42 Å². The third-order valence-corrected chi connectivity index (χ3v) is 9.78. The maximum Gasteiger partial charge on any atom is 0.220 e. The van der Waals surface area contributed by atoms with Gasteiger partial charge in [0.2, 0.25) is 5.91 Å². The number of carbonyl (C=O) groups is 1. The number of rotatable bonds is 33. The minimum Gasteiger partial charge on any atom is -0.394 e. The van der Waals surface area contributed by atoms with E-state index in [-0.39, 0.29) is 12.5 Å². The van der Waals surface area contributed by atoms with E-state index < -0.39 is 49.5 Å². The van der Waals surface area contributed by atoms with Crippen molar-refractivity contribution in [1.82, 2.24) is 5.32 Å². The summed E-state index contributed by atoms with van der Waals surface area (Å²) in [5.41, 5.74) is 0. The molecular formula is C41H77NO8. The predicted molar refractivity (Wildman–Crippen MR) is 203 cm³/mol. The SMILES string of the molecule is CCCCCCC/C=C/CC/C=C/[C@@H](O)[C@H](CO[C@H]1O[C@@H](CO)[C@H](O)C(O)C1O)NC(=O)CCCCCCCCCCCCCCCCCC. The monoisotopic (exact) mass is 712 g/mol. The molecule has 6 N–H and O–H groups in total. The lowest BCUT2D eigenvalue weighted by molar-refractivity contribution is -0.302. The zero-order valence-corrected chi connectivity index (χ0v) is 31.9. The van der Waals surface area contributed by atoms with E-state index in [9.17, 15) is 30.3 Å². The third-order valence-electron chi connectivity index (χ3n) is 9.78. The number of hydrogen-bond donors (Lipinski definition) is 6. The Morgan fingerprint density at radius 3 is 1.68 bits per heavy atom. The number of aliphatic hydroxyl groups is 5. The maximum atomic E-state index is 12.9. The Hall–Kier alpha value is -1.33. The van der Waals surface area contributed by atoms with Crippen LogP contribution in [0.5, 0.6) is 0 Å². The molecule has 0 aromatic rings. The van der Waals surface area contributed by atoms with Crippen molar-refractivity contribution in [2.24, 2.45) is 0 Å². The molecule has 1 aliphatic rings. The number of aliphatic hydroxyl groups excluding tert-OH is 5. The highest BCUT2D eigenvalue weighted by molar-refractivity contribution is 5.76. The smallest absolute Gasteiger partial charge is 0.220 e. The van der Waals surface area contributed by atoms with Gasteiger partial charge < -0.3 is 40.3 Å². The number of nitrogens with one attached hydrogen (secondary N) is 1. The average Bonchev–Trinajstić information content (AvgIpc) is 3.11. The molecule has 0 saturated carbocycles. The van der Waals surface area contributed by atoms with Gasteiger partial charge in [-0.1, -0.05) is 160 Å². The summed E-state index contributed by atoms with van der Waals surface area (Å²) in [6, 6.07) is -0.814. The average molecular weight is 712 g/mol. The molecule has 1 fully saturated rings. The zero-order chi connectivity index (χ0) is 36.7. The van der Waals surface area contributed by atoms with Gasteiger partial charge in [-0.15, -0.1) is 0 Å². The van der Waals surface area contributed by atoms with Crippen molar-refractivity contribution in [3.63, 3.8) is 0 Å². The van der Waals surface area contributed by atoms with Crippen LogP contribution in [0.2, 0.25) is 0 Å². The van der Waals surface area contributed by atoms with Crippen molar-refractivity contribution < 1.29 is 39.8 Å². The molecule has 0 aromatic heterocycles. The van der Waals surface area contributed by atoms with Gasteiger partial charge in [0.1, 0.15) is 24.4 Å². The summed E-state index contributed by atoms with van der Waals surface area (Å²) < 4.78 is 11.1. The summed E-state index contributed by atoms with van der Waals surface area (Å²) in [4.78, 5) is 12.9. The molecule has 1 rings (SSSR count).